The van der Waals surface area contributed by atoms with Crippen LogP contribution in [0.3, 0.4) is 0 Å². The largest absolute Gasteiger partial charge is 0.381 e. The van der Waals surface area contributed by atoms with Crippen LogP contribution >= 0.6 is 24.8 Å². The molecule has 3 heterocycles. The quantitative estimate of drug-likeness (QED) is 0.732. The molecule has 26 heavy (non-hydrogen) atoms. The fraction of sp³-hybridized carbons (Fsp3) is 0.882. The molecule has 0 aromatic heterocycles. The van der Waals surface area contributed by atoms with Crippen LogP contribution in [0.15, 0.2) is 0 Å². The first kappa shape index (κ1) is 23.4. The molecule has 3 rings (SSSR count). The van der Waals surface area contributed by atoms with E-state index in [1.807, 2.05) is 9.80 Å². The minimum atomic E-state index is -0.760. The number of piperidine rings is 1. The van der Waals surface area contributed by atoms with Gasteiger partial charge < -0.3 is 20.3 Å². The van der Waals surface area contributed by atoms with Gasteiger partial charge in [0, 0.05) is 52.5 Å². The lowest BCUT2D eigenvalue weighted by Crippen LogP contribution is -2.61. The number of nitrogens with zero attached hydrogens (tertiary/aromatic N) is 3. The number of ether oxygens (including phenoxy) is 1. The van der Waals surface area contributed by atoms with Crippen molar-refractivity contribution in [1.82, 2.24) is 14.7 Å². The second kappa shape index (κ2) is 10.7. The predicted molar refractivity (Wildman–Crippen MR) is 105 cm³/mol. The van der Waals surface area contributed by atoms with Crippen LogP contribution < -0.4 is 5.73 Å². The van der Waals surface area contributed by atoms with E-state index in [2.05, 4.69) is 4.90 Å². The second-order valence-electron chi connectivity index (χ2n) is 7.28. The summed E-state index contributed by atoms with van der Waals surface area (Å²) < 4.78 is 5.32. The third-order valence-electron chi connectivity index (χ3n) is 5.54. The number of rotatable bonds is 3. The van der Waals surface area contributed by atoms with E-state index in [0.29, 0.717) is 45.7 Å². The topological polar surface area (TPSA) is 79.1 Å². The Kier molecular flexibility index (Phi) is 9.61. The van der Waals surface area contributed by atoms with Crippen molar-refractivity contribution in [3.8, 4) is 0 Å². The highest BCUT2D eigenvalue weighted by molar-refractivity contribution is 5.86. The molecular formula is C17H32Cl2N4O3. The maximum Gasteiger partial charge on any atom is 0.242 e. The third kappa shape index (κ3) is 5.70. The molecule has 0 unspecified atom stereocenters. The fourth-order valence-corrected chi connectivity index (χ4v) is 3.81. The van der Waals surface area contributed by atoms with Crippen molar-refractivity contribution >= 4 is 36.6 Å². The number of hydrogen-bond acceptors (Lipinski definition) is 5. The Labute approximate surface area is 168 Å². The highest BCUT2D eigenvalue weighted by Gasteiger charge is 2.39. The van der Waals surface area contributed by atoms with Crippen LogP contribution in [0.4, 0.5) is 0 Å². The van der Waals surface area contributed by atoms with Crippen molar-refractivity contribution in [1.29, 1.82) is 0 Å². The monoisotopic (exact) mass is 410 g/mol. The van der Waals surface area contributed by atoms with Crippen LogP contribution in [-0.2, 0) is 14.3 Å². The van der Waals surface area contributed by atoms with Crippen LogP contribution in [0, 0.1) is 0 Å². The average Bonchev–Trinajstić information content (AvgIpc) is 2.63. The lowest BCUT2D eigenvalue weighted by atomic mass is 9.89. The molecule has 9 heteroatoms. The molecule has 0 saturated carbocycles. The zero-order valence-corrected chi connectivity index (χ0v) is 17.0. The first-order valence-electron chi connectivity index (χ1n) is 9.25. The van der Waals surface area contributed by atoms with Crippen molar-refractivity contribution in [2.75, 3.05) is 59.0 Å². The van der Waals surface area contributed by atoms with Crippen LogP contribution in [0.2, 0.25) is 0 Å². The van der Waals surface area contributed by atoms with E-state index >= 15 is 0 Å². The molecule has 0 aromatic carbocycles. The highest BCUT2D eigenvalue weighted by atomic mass is 35.5. The fourth-order valence-electron chi connectivity index (χ4n) is 3.81. The number of carbonyl (C=O) groups excluding carboxylic acids is 2. The summed E-state index contributed by atoms with van der Waals surface area (Å²) in [5, 5.41) is 0. The Morgan fingerprint density at radius 3 is 2.00 bits per heavy atom. The Morgan fingerprint density at radius 1 is 0.846 bits per heavy atom. The molecule has 0 radical (unpaired) electrons. The van der Waals surface area contributed by atoms with Crippen molar-refractivity contribution in [3.05, 3.63) is 0 Å². The van der Waals surface area contributed by atoms with Crippen LogP contribution in [0.5, 0.6) is 0 Å². The van der Waals surface area contributed by atoms with E-state index in [1.54, 1.807) is 0 Å². The molecular weight excluding hydrogens is 379 g/mol. The van der Waals surface area contributed by atoms with Gasteiger partial charge in [-0.15, -0.1) is 24.8 Å². The van der Waals surface area contributed by atoms with Crippen LogP contribution in [0.1, 0.15) is 32.1 Å². The summed E-state index contributed by atoms with van der Waals surface area (Å²) in [6.07, 6.45) is 4.67. The smallest absolute Gasteiger partial charge is 0.242 e. The first-order chi connectivity index (χ1) is 11.6. The van der Waals surface area contributed by atoms with Gasteiger partial charge in [-0.2, -0.15) is 0 Å². The van der Waals surface area contributed by atoms with E-state index in [-0.39, 0.29) is 36.6 Å². The minimum Gasteiger partial charge on any atom is -0.381 e. The SMILES string of the molecule is Cl.Cl.NC1(C(=O)N2CCN(CC(=O)N3CCCCC3)CC2)CCOCC1. The zero-order valence-electron chi connectivity index (χ0n) is 15.4. The summed E-state index contributed by atoms with van der Waals surface area (Å²) in [6.45, 7) is 6.21. The molecule has 0 aromatic rings. The molecule has 7 nitrogen and oxygen atoms in total. The normalized spacial score (nSPS) is 23.6. The number of carbonyl (C=O) groups is 2. The molecule has 0 bridgehead atoms. The van der Waals surface area contributed by atoms with Crippen LogP contribution in [0.25, 0.3) is 0 Å². The molecule has 3 fully saturated rings. The van der Waals surface area contributed by atoms with Gasteiger partial charge in [0.05, 0.1) is 12.1 Å². The molecule has 3 saturated heterocycles. The summed E-state index contributed by atoms with van der Waals surface area (Å²) in [5.74, 6) is 0.280. The summed E-state index contributed by atoms with van der Waals surface area (Å²) in [6, 6.07) is 0. The molecule has 0 aliphatic carbocycles. The summed E-state index contributed by atoms with van der Waals surface area (Å²) in [5.41, 5.74) is 5.54. The highest BCUT2D eigenvalue weighted by Crippen LogP contribution is 2.21. The number of nitrogens with two attached hydrogens (primary N) is 1. The zero-order chi connectivity index (χ0) is 17.0. The predicted octanol–water partition coefficient (Wildman–Crippen LogP) is 0.495. The Hall–Kier alpha value is -0.600. The lowest BCUT2D eigenvalue weighted by molar-refractivity contribution is -0.143. The average molecular weight is 411 g/mol. The molecule has 3 aliphatic heterocycles. The first-order valence-corrected chi connectivity index (χ1v) is 9.25. The Morgan fingerprint density at radius 2 is 1.42 bits per heavy atom. The van der Waals surface area contributed by atoms with Gasteiger partial charge >= 0.3 is 0 Å². The number of amides is 2. The number of halogens is 2. The minimum absolute atomic E-state index is 0. The van der Waals surface area contributed by atoms with Crippen LogP contribution in [-0.4, -0.2) is 91.1 Å². The van der Waals surface area contributed by atoms with Gasteiger partial charge in [0.2, 0.25) is 11.8 Å². The van der Waals surface area contributed by atoms with Gasteiger partial charge in [-0.3, -0.25) is 14.5 Å². The van der Waals surface area contributed by atoms with Gasteiger partial charge in [0.1, 0.15) is 0 Å². The van der Waals surface area contributed by atoms with Gasteiger partial charge in [0.15, 0.2) is 0 Å². The van der Waals surface area contributed by atoms with Gasteiger partial charge in [-0.1, -0.05) is 0 Å². The maximum absolute atomic E-state index is 12.7. The Balaban J connectivity index is 0.00000169. The van der Waals surface area contributed by atoms with Crippen molar-refractivity contribution in [3.63, 3.8) is 0 Å². The molecule has 3 aliphatic rings. The summed E-state index contributed by atoms with van der Waals surface area (Å²) in [7, 11) is 0. The van der Waals surface area contributed by atoms with E-state index in [1.165, 1.54) is 6.42 Å². The lowest BCUT2D eigenvalue weighted by Gasteiger charge is -2.41. The third-order valence-corrected chi connectivity index (χ3v) is 5.54. The molecule has 152 valence electrons. The standard InChI is InChI=1S/C17H30N4O3.2ClH/c18-17(4-12-24-13-5-17)16(23)21-10-8-19(9-11-21)14-15(22)20-6-2-1-3-7-20;;/h1-14,18H2;2*1H. The van der Waals surface area contributed by atoms with E-state index in [4.69, 9.17) is 10.5 Å². The van der Waals surface area contributed by atoms with Crippen molar-refractivity contribution in [2.24, 2.45) is 5.73 Å². The number of piperazine rings is 1. The van der Waals surface area contributed by atoms with Gasteiger partial charge in [-0.25, -0.2) is 0 Å². The van der Waals surface area contributed by atoms with Crippen molar-refractivity contribution < 1.29 is 14.3 Å². The summed E-state index contributed by atoms with van der Waals surface area (Å²) >= 11 is 0. The van der Waals surface area contributed by atoms with Gasteiger partial charge in [-0.05, 0) is 32.1 Å². The maximum atomic E-state index is 12.7. The molecule has 0 atom stereocenters. The second-order valence-corrected chi connectivity index (χ2v) is 7.28. The molecule has 0 spiro atoms. The number of hydrogen-bond donors (Lipinski definition) is 1. The van der Waals surface area contributed by atoms with E-state index in [9.17, 15) is 9.59 Å². The molecule has 2 N–H and O–H groups in total. The number of likely N-dealkylation sites (tertiary alicyclic amines) is 1. The van der Waals surface area contributed by atoms with Gasteiger partial charge in [0.25, 0.3) is 0 Å². The van der Waals surface area contributed by atoms with E-state index in [0.717, 1.165) is 39.0 Å². The summed E-state index contributed by atoms with van der Waals surface area (Å²) in [4.78, 5) is 31.1. The van der Waals surface area contributed by atoms with Crippen molar-refractivity contribution in [2.45, 2.75) is 37.6 Å². The Bertz CT molecular complexity index is 461. The van der Waals surface area contributed by atoms with E-state index < -0.39 is 5.54 Å². The molecule has 2 amide bonds.